The Morgan fingerprint density at radius 1 is 0.920 bits per heavy atom. The summed E-state index contributed by atoms with van der Waals surface area (Å²) in [7, 11) is 0. The average molecular weight is 339 g/mol. The third-order valence-corrected chi connectivity index (χ3v) is 2.46. The van der Waals surface area contributed by atoms with Gasteiger partial charge in [0.2, 0.25) is 0 Å². The molecule has 0 aliphatic heterocycles. The molecule has 138 valence electrons. The molecule has 1 rings (SSSR count). The molecule has 0 amide bonds. The predicted octanol–water partition coefficient (Wildman–Crippen LogP) is 5.19. The summed E-state index contributed by atoms with van der Waals surface area (Å²) in [5.41, 5.74) is 8.47. The highest BCUT2D eigenvalue weighted by Gasteiger charge is 2.06. The molecule has 0 saturated carbocycles. The molecule has 0 saturated heterocycles. The van der Waals surface area contributed by atoms with Crippen molar-refractivity contribution in [3.8, 4) is 0 Å². The van der Waals surface area contributed by atoms with Gasteiger partial charge in [-0.05, 0) is 17.6 Å². The SMILES string of the molecule is C=C/C=C\C(=C/C=C)C(N)Cc1ccccc1.CC.CC.CC.[BH].[BH]. The Hall–Kier alpha value is -1.73. The molecule has 0 spiro atoms. The summed E-state index contributed by atoms with van der Waals surface area (Å²) in [5, 5.41) is 0. The minimum Gasteiger partial charge on any atom is -0.324 e. The van der Waals surface area contributed by atoms with Gasteiger partial charge in [0.15, 0.2) is 0 Å². The molecule has 2 N–H and O–H groups in total. The second kappa shape index (κ2) is 30.2. The van der Waals surface area contributed by atoms with Crippen LogP contribution in [0.15, 0.2) is 79.4 Å². The fraction of sp³-hybridized carbons (Fsp3) is 0.364. The van der Waals surface area contributed by atoms with Gasteiger partial charge in [-0.15, -0.1) is 0 Å². The van der Waals surface area contributed by atoms with E-state index in [0.717, 1.165) is 12.0 Å². The molecule has 0 fully saturated rings. The normalized spacial score (nSPS) is 9.96. The van der Waals surface area contributed by atoms with Crippen LogP contribution in [0.4, 0.5) is 0 Å². The van der Waals surface area contributed by atoms with Crippen LogP contribution in [-0.2, 0) is 6.42 Å². The number of benzene rings is 1. The van der Waals surface area contributed by atoms with Crippen LogP contribution in [-0.4, -0.2) is 22.9 Å². The van der Waals surface area contributed by atoms with Crippen LogP contribution >= 0.6 is 0 Å². The Morgan fingerprint density at radius 2 is 1.40 bits per heavy atom. The largest absolute Gasteiger partial charge is 0.324 e. The zero-order chi connectivity index (χ0) is 18.5. The van der Waals surface area contributed by atoms with E-state index in [2.05, 4.69) is 25.3 Å². The first kappa shape index (κ1) is 34.6. The van der Waals surface area contributed by atoms with Gasteiger partial charge >= 0.3 is 0 Å². The molecule has 1 atom stereocenters. The Bertz CT molecular complexity index is 423. The fourth-order valence-electron chi connectivity index (χ4n) is 1.60. The van der Waals surface area contributed by atoms with Gasteiger partial charge in [-0.25, -0.2) is 0 Å². The maximum atomic E-state index is 6.18. The first-order chi connectivity index (χ1) is 11.3. The summed E-state index contributed by atoms with van der Waals surface area (Å²) in [6.45, 7) is 19.4. The van der Waals surface area contributed by atoms with Crippen LogP contribution in [0.3, 0.4) is 0 Å². The van der Waals surface area contributed by atoms with Crippen molar-refractivity contribution in [3.05, 3.63) is 85.0 Å². The maximum Gasteiger partial charge on any atom is 0.0379 e. The molecule has 3 heteroatoms. The summed E-state index contributed by atoms with van der Waals surface area (Å²) >= 11 is 0. The van der Waals surface area contributed by atoms with Crippen molar-refractivity contribution >= 4 is 16.8 Å². The van der Waals surface area contributed by atoms with Crippen molar-refractivity contribution < 1.29 is 0 Å². The lowest BCUT2D eigenvalue weighted by Crippen LogP contribution is -2.24. The highest BCUT2D eigenvalue weighted by molar-refractivity contribution is 5.76. The number of allylic oxidation sites excluding steroid dienone is 4. The van der Waals surface area contributed by atoms with Crippen molar-refractivity contribution in [2.24, 2.45) is 5.73 Å². The van der Waals surface area contributed by atoms with Crippen LogP contribution in [0.5, 0.6) is 0 Å². The van der Waals surface area contributed by atoms with Gasteiger partial charge < -0.3 is 5.73 Å². The first-order valence-corrected chi connectivity index (χ1v) is 8.69. The lowest BCUT2D eigenvalue weighted by atomic mass is 9.99. The average Bonchev–Trinajstić information content (AvgIpc) is 2.64. The molecule has 1 aromatic carbocycles. The van der Waals surface area contributed by atoms with Crippen LogP contribution in [0.25, 0.3) is 0 Å². The molecule has 0 aliphatic rings. The number of nitrogens with two attached hydrogens (primary N) is 1. The van der Waals surface area contributed by atoms with E-state index in [9.17, 15) is 0 Å². The summed E-state index contributed by atoms with van der Waals surface area (Å²) < 4.78 is 0. The molecule has 1 nitrogen and oxygen atoms in total. The lowest BCUT2D eigenvalue weighted by Gasteiger charge is -2.12. The molecule has 0 aliphatic carbocycles. The third-order valence-electron chi connectivity index (χ3n) is 2.46. The zero-order valence-electron chi connectivity index (χ0n) is 17.5. The van der Waals surface area contributed by atoms with Gasteiger partial charge in [0.25, 0.3) is 0 Å². The number of hydrogen-bond acceptors (Lipinski definition) is 1. The summed E-state index contributed by atoms with van der Waals surface area (Å²) in [5.74, 6) is 0. The summed E-state index contributed by atoms with van der Waals surface area (Å²) in [6.07, 6.45) is 10.1. The van der Waals surface area contributed by atoms with E-state index in [-0.39, 0.29) is 22.9 Å². The van der Waals surface area contributed by atoms with Gasteiger partial charge in [0.05, 0.1) is 0 Å². The number of rotatable bonds is 6. The van der Waals surface area contributed by atoms with Crippen LogP contribution in [0.2, 0.25) is 0 Å². The van der Waals surface area contributed by atoms with Crippen LogP contribution in [0, 0.1) is 0 Å². The fourth-order valence-corrected chi connectivity index (χ4v) is 1.60. The van der Waals surface area contributed by atoms with Gasteiger partial charge in [-0.3, -0.25) is 0 Å². The molecule has 1 aromatic rings. The molecule has 0 heterocycles. The highest BCUT2D eigenvalue weighted by atomic mass is 14.6. The van der Waals surface area contributed by atoms with Crippen molar-refractivity contribution in [2.75, 3.05) is 0 Å². The van der Waals surface area contributed by atoms with E-state index < -0.39 is 0 Å². The summed E-state index contributed by atoms with van der Waals surface area (Å²) in [6, 6.07) is 10.2. The van der Waals surface area contributed by atoms with Gasteiger partial charge in [-0.1, -0.05) is 115 Å². The van der Waals surface area contributed by atoms with E-state index in [1.165, 1.54) is 5.56 Å². The monoisotopic (exact) mass is 339 g/mol. The molecular weight excluding hydrogens is 300 g/mol. The molecule has 0 aromatic heterocycles. The predicted molar refractivity (Wildman–Crippen MR) is 124 cm³/mol. The molecule has 4 radical (unpaired) electrons. The van der Waals surface area contributed by atoms with Crippen LogP contribution < -0.4 is 5.73 Å². The standard InChI is InChI=1S/C16H19N.3C2H6.2BH/c1-3-5-12-15(9-4-2)16(17)13-14-10-7-6-8-11-14;3*1-2;;/h3-12,16H,1-2,13,17H2;3*1-2H3;2*1H/b12-5-,15-9+;;;;;. The summed E-state index contributed by atoms with van der Waals surface area (Å²) in [4.78, 5) is 0. The molecule has 1 unspecified atom stereocenters. The van der Waals surface area contributed by atoms with Crippen molar-refractivity contribution in [3.63, 3.8) is 0 Å². The Labute approximate surface area is 162 Å². The lowest BCUT2D eigenvalue weighted by molar-refractivity contribution is 0.780. The second-order valence-electron chi connectivity index (χ2n) is 3.79. The van der Waals surface area contributed by atoms with Gasteiger partial charge in [0, 0.05) is 22.9 Å². The van der Waals surface area contributed by atoms with Gasteiger partial charge in [-0.2, -0.15) is 0 Å². The van der Waals surface area contributed by atoms with Gasteiger partial charge in [0.1, 0.15) is 0 Å². The first-order valence-electron chi connectivity index (χ1n) is 8.69. The molecule has 25 heavy (non-hydrogen) atoms. The molecular formula is C22H39B2N. The topological polar surface area (TPSA) is 26.0 Å². The van der Waals surface area contributed by atoms with Crippen molar-refractivity contribution in [2.45, 2.75) is 54.0 Å². The highest BCUT2D eigenvalue weighted by Crippen LogP contribution is 2.10. The molecule has 0 bridgehead atoms. The minimum absolute atomic E-state index is 0. The maximum absolute atomic E-state index is 6.18. The Kier molecular flexibility index (Phi) is 41.7. The van der Waals surface area contributed by atoms with E-state index in [4.69, 9.17) is 5.73 Å². The number of hydrogen-bond donors (Lipinski definition) is 1. The van der Waals surface area contributed by atoms with Crippen molar-refractivity contribution in [1.29, 1.82) is 0 Å². The van der Waals surface area contributed by atoms with E-state index in [1.54, 1.807) is 12.2 Å². The zero-order valence-corrected chi connectivity index (χ0v) is 17.5. The Morgan fingerprint density at radius 3 is 1.80 bits per heavy atom. The quantitative estimate of drug-likeness (QED) is 0.560. The van der Waals surface area contributed by atoms with E-state index >= 15 is 0 Å². The van der Waals surface area contributed by atoms with Crippen LogP contribution in [0.1, 0.15) is 47.1 Å². The van der Waals surface area contributed by atoms with Crippen molar-refractivity contribution in [1.82, 2.24) is 0 Å². The smallest absolute Gasteiger partial charge is 0.0379 e. The van der Waals surface area contributed by atoms with E-state index in [0.29, 0.717) is 0 Å². The minimum atomic E-state index is -0.0217. The second-order valence-corrected chi connectivity index (χ2v) is 3.79. The van der Waals surface area contributed by atoms with E-state index in [1.807, 2.05) is 78.0 Å². The third kappa shape index (κ3) is 20.2. The Balaban J connectivity index is -0.000000150.